The van der Waals surface area contributed by atoms with Crippen LogP contribution in [0.4, 0.5) is 5.82 Å². The number of carbonyl (C=O) groups excluding carboxylic acids is 1. The van der Waals surface area contributed by atoms with Crippen LogP contribution in [0.5, 0.6) is 0 Å². The van der Waals surface area contributed by atoms with E-state index in [1.165, 1.54) is 0 Å². The lowest BCUT2D eigenvalue weighted by molar-refractivity contribution is 0.0961. The minimum atomic E-state index is -0.0667. The standard InChI is InChI=1S/C19H20N4O2/c1-14-6-5-9-18(20-14)22-10-11-23-17(19(22)24)12-15(21-23)13-25-16-7-3-2-4-8-16/h2-3,5-7,9,12H,4,8,10-11,13H2,1H3. The molecule has 1 aliphatic carbocycles. The average Bonchev–Trinajstić information content (AvgIpc) is 3.05. The average molecular weight is 336 g/mol. The van der Waals surface area contributed by atoms with Crippen molar-refractivity contribution in [3.05, 3.63) is 65.3 Å². The number of amides is 1. The number of hydrogen-bond donors (Lipinski definition) is 0. The van der Waals surface area contributed by atoms with Crippen molar-refractivity contribution >= 4 is 11.7 Å². The van der Waals surface area contributed by atoms with Crippen molar-refractivity contribution in [2.75, 3.05) is 11.4 Å². The van der Waals surface area contributed by atoms with Gasteiger partial charge in [-0.25, -0.2) is 4.98 Å². The Labute approximate surface area is 146 Å². The van der Waals surface area contributed by atoms with Gasteiger partial charge in [-0.05, 0) is 37.6 Å². The van der Waals surface area contributed by atoms with Gasteiger partial charge in [-0.2, -0.15) is 5.10 Å². The van der Waals surface area contributed by atoms with Crippen LogP contribution in [-0.2, 0) is 17.9 Å². The second-order valence-electron chi connectivity index (χ2n) is 6.23. The lowest BCUT2D eigenvalue weighted by Crippen LogP contribution is -2.41. The molecule has 6 nitrogen and oxygen atoms in total. The summed E-state index contributed by atoms with van der Waals surface area (Å²) in [7, 11) is 0. The van der Waals surface area contributed by atoms with Gasteiger partial charge < -0.3 is 4.74 Å². The maximum atomic E-state index is 12.8. The number of nitrogens with zero attached hydrogens (tertiary/aromatic N) is 4. The first kappa shape index (κ1) is 15.6. The minimum Gasteiger partial charge on any atom is -0.492 e. The molecule has 0 spiro atoms. The molecule has 6 heteroatoms. The Morgan fingerprint density at radius 3 is 3.00 bits per heavy atom. The van der Waals surface area contributed by atoms with Crippen molar-refractivity contribution in [2.45, 2.75) is 32.9 Å². The second-order valence-corrected chi connectivity index (χ2v) is 6.23. The molecular weight excluding hydrogens is 316 g/mol. The number of rotatable bonds is 4. The lowest BCUT2D eigenvalue weighted by atomic mass is 10.2. The van der Waals surface area contributed by atoms with Gasteiger partial charge in [-0.15, -0.1) is 0 Å². The van der Waals surface area contributed by atoms with Crippen LogP contribution in [0.25, 0.3) is 0 Å². The number of aromatic nitrogens is 3. The summed E-state index contributed by atoms with van der Waals surface area (Å²) in [6, 6.07) is 7.53. The van der Waals surface area contributed by atoms with Gasteiger partial charge in [0.15, 0.2) is 0 Å². The van der Waals surface area contributed by atoms with Crippen molar-refractivity contribution in [3.63, 3.8) is 0 Å². The van der Waals surface area contributed by atoms with E-state index in [-0.39, 0.29) is 5.91 Å². The summed E-state index contributed by atoms with van der Waals surface area (Å²) in [5, 5.41) is 4.51. The summed E-state index contributed by atoms with van der Waals surface area (Å²) in [4.78, 5) is 19.0. The molecule has 0 radical (unpaired) electrons. The highest BCUT2D eigenvalue weighted by molar-refractivity contribution is 6.05. The molecule has 0 bridgehead atoms. The summed E-state index contributed by atoms with van der Waals surface area (Å²) >= 11 is 0. The van der Waals surface area contributed by atoms with E-state index >= 15 is 0 Å². The van der Waals surface area contributed by atoms with Crippen LogP contribution in [0.2, 0.25) is 0 Å². The van der Waals surface area contributed by atoms with Crippen molar-refractivity contribution in [1.29, 1.82) is 0 Å². The third kappa shape index (κ3) is 3.20. The summed E-state index contributed by atoms with van der Waals surface area (Å²) in [5.41, 5.74) is 2.26. The van der Waals surface area contributed by atoms with Crippen LogP contribution < -0.4 is 4.90 Å². The first-order chi connectivity index (χ1) is 12.2. The van der Waals surface area contributed by atoms with Crippen molar-refractivity contribution in [1.82, 2.24) is 14.8 Å². The second kappa shape index (κ2) is 6.55. The maximum absolute atomic E-state index is 12.8. The van der Waals surface area contributed by atoms with Crippen LogP contribution in [0.15, 0.2) is 48.3 Å². The Bertz CT molecular complexity index is 866. The fraction of sp³-hybridized carbons (Fsp3) is 0.316. The molecule has 128 valence electrons. The van der Waals surface area contributed by atoms with Gasteiger partial charge in [0.25, 0.3) is 5.91 Å². The molecule has 0 atom stereocenters. The quantitative estimate of drug-likeness (QED) is 0.861. The molecular formula is C19H20N4O2. The Morgan fingerprint density at radius 1 is 1.28 bits per heavy atom. The number of hydrogen-bond acceptors (Lipinski definition) is 4. The monoisotopic (exact) mass is 336 g/mol. The van der Waals surface area contributed by atoms with Gasteiger partial charge in [0.05, 0.1) is 12.3 Å². The smallest absolute Gasteiger partial charge is 0.277 e. The molecule has 0 unspecified atom stereocenters. The van der Waals surface area contributed by atoms with Crippen molar-refractivity contribution in [3.8, 4) is 0 Å². The van der Waals surface area contributed by atoms with Crippen LogP contribution in [0.3, 0.4) is 0 Å². The van der Waals surface area contributed by atoms with E-state index in [2.05, 4.69) is 16.2 Å². The minimum absolute atomic E-state index is 0.0667. The molecule has 4 rings (SSSR count). The van der Waals surface area contributed by atoms with E-state index in [1.807, 2.05) is 43.3 Å². The van der Waals surface area contributed by atoms with Crippen LogP contribution >= 0.6 is 0 Å². The van der Waals surface area contributed by atoms with E-state index in [0.717, 1.165) is 30.0 Å². The summed E-state index contributed by atoms with van der Waals surface area (Å²) in [5.74, 6) is 1.59. The zero-order valence-corrected chi connectivity index (χ0v) is 14.2. The van der Waals surface area contributed by atoms with E-state index in [1.54, 1.807) is 9.58 Å². The first-order valence-electron chi connectivity index (χ1n) is 8.51. The zero-order chi connectivity index (χ0) is 17.2. The molecule has 1 amide bonds. The number of carbonyl (C=O) groups is 1. The molecule has 0 saturated carbocycles. The van der Waals surface area contributed by atoms with Crippen LogP contribution in [0.1, 0.15) is 34.7 Å². The fourth-order valence-electron chi connectivity index (χ4n) is 3.08. The number of fused-ring (bicyclic) bond motifs is 1. The van der Waals surface area contributed by atoms with Gasteiger partial charge in [0.2, 0.25) is 0 Å². The summed E-state index contributed by atoms with van der Waals surface area (Å²) in [6.07, 6.45) is 8.02. The van der Waals surface area contributed by atoms with E-state index in [9.17, 15) is 4.79 Å². The maximum Gasteiger partial charge on any atom is 0.277 e. The number of anilines is 1. The van der Waals surface area contributed by atoms with E-state index in [4.69, 9.17) is 4.74 Å². The van der Waals surface area contributed by atoms with Gasteiger partial charge in [0, 0.05) is 18.7 Å². The SMILES string of the molecule is Cc1cccc(N2CCn3nc(COC4=CC=CCC4)cc3C2=O)n1. The molecule has 25 heavy (non-hydrogen) atoms. The molecule has 3 heterocycles. The van der Waals surface area contributed by atoms with Gasteiger partial charge in [0.1, 0.15) is 23.8 Å². The summed E-state index contributed by atoms with van der Waals surface area (Å²) in [6.45, 7) is 3.53. The number of pyridine rings is 1. The molecule has 0 fully saturated rings. The van der Waals surface area contributed by atoms with Crippen LogP contribution in [0, 0.1) is 6.92 Å². The molecule has 0 N–H and O–H groups in total. The van der Waals surface area contributed by atoms with Gasteiger partial charge in [-0.3, -0.25) is 14.4 Å². The third-order valence-electron chi connectivity index (χ3n) is 4.36. The Kier molecular flexibility index (Phi) is 4.09. The molecule has 1 aliphatic heterocycles. The molecule has 2 aromatic rings. The molecule has 2 aromatic heterocycles. The first-order valence-corrected chi connectivity index (χ1v) is 8.51. The highest BCUT2D eigenvalue weighted by atomic mass is 16.5. The Balaban J connectivity index is 1.50. The fourth-order valence-corrected chi connectivity index (χ4v) is 3.08. The number of ether oxygens (including phenoxy) is 1. The van der Waals surface area contributed by atoms with Gasteiger partial charge >= 0.3 is 0 Å². The largest absolute Gasteiger partial charge is 0.492 e. The number of allylic oxidation sites excluding steroid dienone is 4. The topological polar surface area (TPSA) is 60.2 Å². The van der Waals surface area contributed by atoms with E-state index in [0.29, 0.717) is 31.2 Å². The Hall–Kier alpha value is -2.89. The van der Waals surface area contributed by atoms with Gasteiger partial charge in [-0.1, -0.05) is 18.2 Å². The molecule has 2 aliphatic rings. The Morgan fingerprint density at radius 2 is 2.20 bits per heavy atom. The van der Waals surface area contributed by atoms with Crippen LogP contribution in [-0.4, -0.2) is 27.2 Å². The molecule has 0 aromatic carbocycles. The number of aryl methyl sites for hydroxylation is 1. The highest BCUT2D eigenvalue weighted by Crippen LogP contribution is 2.21. The van der Waals surface area contributed by atoms with Crippen molar-refractivity contribution < 1.29 is 9.53 Å². The predicted octanol–water partition coefficient (Wildman–Crippen LogP) is 3.00. The van der Waals surface area contributed by atoms with E-state index < -0.39 is 0 Å². The lowest BCUT2D eigenvalue weighted by Gasteiger charge is -2.26. The predicted molar refractivity (Wildman–Crippen MR) is 94.1 cm³/mol. The zero-order valence-electron chi connectivity index (χ0n) is 14.2. The summed E-state index contributed by atoms with van der Waals surface area (Å²) < 4.78 is 7.57. The van der Waals surface area contributed by atoms with Crippen molar-refractivity contribution in [2.24, 2.45) is 0 Å². The highest BCUT2D eigenvalue weighted by Gasteiger charge is 2.28. The third-order valence-corrected chi connectivity index (χ3v) is 4.36. The molecule has 0 saturated heterocycles. The normalized spacial score (nSPS) is 16.6.